The molecule has 4 heteroatoms. The van der Waals surface area contributed by atoms with E-state index in [0.29, 0.717) is 29.6 Å². The summed E-state index contributed by atoms with van der Waals surface area (Å²) < 4.78 is 5.92. The second-order valence-corrected chi connectivity index (χ2v) is 13.9. The van der Waals surface area contributed by atoms with E-state index in [-0.39, 0.29) is 22.7 Å². The molecule has 2 unspecified atom stereocenters. The van der Waals surface area contributed by atoms with Crippen LogP contribution in [0.1, 0.15) is 106 Å². The molecule has 0 aromatic carbocycles. The summed E-state index contributed by atoms with van der Waals surface area (Å²) in [4.78, 5) is 12.2. The van der Waals surface area contributed by atoms with Gasteiger partial charge in [-0.3, -0.25) is 4.79 Å². The van der Waals surface area contributed by atoms with Gasteiger partial charge in [-0.2, -0.15) is 0 Å². The number of hydrogen-bond donors (Lipinski definition) is 2. The molecule has 5 aliphatic carbocycles. The van der Waals surface area contributed by atoms with E-state index in [1.807, 2.05) is 0 Å². The van der Waals surface area contributed by atoms with Crippen LogP contribution in [0.3, 0.4) is 0 Å². The van der Waals surface area contributed by atoms with Gasteiger partial charge in [0.25, 0.3) is 0 Å². The van der Waals surface area contributed by atoms with Crippen molar-refractivity contribution in [3.05, 3.63) is 0 Å². The molecule has 5 saturated carbocycles. The van der Waals surface area contributed by atoms with Crippen LogP contribution in [-0.2, 0) is 9.53 Å². The van der Waals surface area contributed by atoms with Gasteiger partial charge in [-0.05, 0) is 91.3 Å². The summed E-state index contributed by atoms with van der Waals surface area (Å²) in [7, 11) is 0. The van der Waals surface area contributed by atoms with Gasteiger partial charge in [0.05, 0.1) is 0 Å². The lowest BCUT2D eigenvalue weighted by atomic mass is 9.43. The van der Waals surface area contributed by atoms with Crippen LogP contribution in [-0.4, -0.2) is 28.1 Å². The predicted molar refractivity (Wildman–Crippen MR) is 129 cm³/mol. The molecule has 0 saturated heterocycles. The summed E-state index contributed by atoms with van der Waals surface area (Å²) in [6.07, 6.45) is 10.9. The Hall–Kier alpha value is -0.610. The highest BCUT2D eigenvalue weighted by atomic mass is 16.6. The van der Waals surface area contributed by atoms with Crippen molar-refractivity contribution in [3.63, 3.8) is 0 Å². The highest BCUT2D eigenvalue weighted by Gasteiger charge is 2.85. The molecular formula is C29H48O4. The van der Waals surface area contributed by atoms with Gasteiger partial charge < -0.3 is 14.9 Å². The van der Waals surface area contributed by atoms with Crippen molar-refractivity contribution in [2.75, 3.05) is 0 Å². The largest absolute Gasteiger partial charge is 0.456 e. The first-order valence-corrected chi connectivity index (χ1v) is 14.0. The molecule has 0 aromatic heterocycles. The molecule has 0 aromatic rings. The van der Waals surface area contributed by atoms with Crippen molar-refractivity contribution in [2.45, 2.75) is 118 Å². The van der Waals surface area contributed by atoms with Gasteiger partial charge in [0.1, 0.15) is 0 Å². The Morgan fingerprint density at radius 3 is 2.36 bits per heavy atom. The van der Waals surface area contributed by atoms with Crippen LogP contribution in [0, 0.1) is 57.7 Å². The summed E-state index contributed by atoms with van der Waals surface area (Å²) in [6, 6.07) is 0. The van der Waals surface area contributed by atoms with Crippen LogP contribution < -0.4 is 0 Å². The number of esters is 1. The van der Waals surface area contributed by atoms with Gasteiger partial charge in [0, 0.05) is 18.3 Å². The van der Waals surface area contributed by atoms with Crippen molar-refractivity contribution < 1.29 is 19.7 Å². The minimum absolute atomic E-state index is 0.0508. The van der Waals surface area contributed by atoms with Crippen LogP contribution in [0.25, 0.3) is 0 Å². The standard InChI is InChI=1S/C29H48O4/c1-17(2)8-7-9-18(3)21-10-11-22-24-23(13-14-26(21,22)5)27(6)15-12-20-16-28(20,27)29(31,32)25(24)33-19(4)30/h17-18,20-25,31-32H,7-16H2,1-6H3/t18-,20-,21-,22+,23+,24+,25?,26-,27?,28-/m1/s1. The third kappa shape index (κ3) is 3.11. The number of aliphatic hydroxyl groups is 2. The molecule has 0 heterocycles. The van der Waals surface area contributed by atoms with Crippen molar-refractivity contribution in [1.82, 2.24) is 0 Å². The molecule has 5 fully saturated rings. The Morgan fingerprint density at radius 1 is 1.00 bits per heavy atom. The van der Waals surface area contributed by atoms with Crippen molar-refractivity contribution >= 4 is 5.97 Å². The second-order valence-electron chi connectivity index (χ2n) is 13.9. The summed E-state index contributed by atoms with van der Waals surface area (Å²) in [6.45, 7) is 13.4. The first-order valence-electron chi connectivity index (χ1n) is 14.0. The molecule has 0 aliphatic heterocycles. The normalized spacial score (nSPS) is 50.2. The average Bonchev–Trinajstić information content (AvgIpc) is 3.27. The fraction of sp³-hybridized carbons (Fsp3) is 0.966. The third-order valence-electron chi connectivity index (χ3n) is 12.2. The SMILES string of the molecule is CC(=O)OC1[C@@H]2[C@H](CC[C@]3(C)[C@@H]([C@H](C)CCCC(C)C)CC[C@@H]23)C2(C)CC[C@@H]3C[C@@]32C1(O)O. The molecule has 5 rings (SSSR count). The Kier molecular flexibility index (Phi) is 5.62. The van der Waals surface area contributed by atoms with E-state index in [0.717, 1.165) is 38.0 Å². The van der Waals surface area contributed by atoms with E-state index in [2.05, 4.69) is 34.6 Å². The number of rotatable bonds is 6. The van der Waals surface area contributed by atoms with Crippen LogP contribution in [0.15, 0.2) is 0 Å². The number of hydrogen-bond acceptors (Lipinski definition) is 4. The topological polar surface area (TPSA) is 66.8 Å². The van der Waals surface area contributed by atoms with Gasteiger partial charge in [0.2, 0.25) is 5.79 Å². The molecule has 1 spiro atoms. The zero-order valence-corrected chi connectivity index (χ0v) is 21.9. The molecule has 5 aliphatic rings. The first-order chi connectivity index (χ1) is 15.4. The van der Waals surface area contributed by atoms with Gasteiger partial charge in [-0.1, -0.05) is 53.9 Å². The van der Waals surface area contributed by atoms with Gasteiger partial charge in [-0.25, -0.2) is 0 Å². The summed E-state index contributed by atoms with van der Waals surface area (Å²) in [5.41, 5.74) is -0.322. The molecule has 188 valence electrons. The molecule has 4 nitrogen and oxygen atoms in total. The predicted octanol–water partition coefficient (Wildman–Crippen LogP) is 5.94. The van der Waals surface area contributed by atoms with Crippen LogP contribution in [0.2, 0.25) is 0 Å². The third-order valence-corrected chi connectivity index (χ3v) is 12.2. The lowest BCUT2D eigenvalue weighted by molar-refractivity contribution is -0.349. The quantitative estimate of drug-likeness (QED) is 0.380. The van der Waals surface area contributed by atoms with Crippen molar-refractivity contribution in [2.24, 2.45) is 57.7 Å². The van der Waals surface area contributed by atoms with Crippen molar-refractivity contribution in [3.8, 4) is 0 Å². The molecular weight excluding hydrogens is 412 g/mol. The number of carbonyl (C=O) groups is 1. The Bertz CT molecular complexity index is 790. The molecule has 10 atom stereocenters. The summed E-state index contributed by atoms with van der Waals surface area (Å²) >= 11 is 0. The Morgan fingerprint density at radius 2 is 1.73 bits per heavy atom. The highest BCUT2D eigenvalue weighted by molar-refractivity contribution is 5.66. The highest BCUT2D eigenvalue weighted by Crippen LogP contribution is 2.84. The fourth-order valence-corrected chi connectivity index (χ4v) is 10.7. The van der Waals surface area contributed by atoms with Crippen LogP contribution >= 0.6 is 0 Å². The summed E-state index contributed by atoms with van der Waals surface area (Å²) in [5.74, 6) is 1.13. The Balaban J connectivity index is 1.47. The van der Waals surface area contributed by atoms with E-state index in [1.165, 1.54) is 39.0 Å². The molecule has 0 radical (unpaired) electrons. The monoisotopic (exact) mass is 460 g/mol. The van der Waals surface area contributed by atoms with Crippen molar-refractivity contribution in [1.29, 1.82) is 0 Å². The number of ether oxygens (including phenoxy) is 1. The van der Waals surface area contributed by atoms with E-state index < -0.39 is 17.3 Å². The van der Waals surface area contributed by atoms with Gasteiger partial charge in [0.15, 0.2) is 6.10 Å². The maximum atomic E-state index is 12.2. The number of carbonyl (C=O) groups excluding carboxylic acids is 1. The number of fused-ring (bicyclic) bond motifs is 4. The minimum Gasteiger partial charge on any atom is -0.456 e. The first kappa shape index (κ1) is 24.1. The summed E-state index contributed by atoms with van der Waals surface area (Å²) in [5, 5.41) is 23.6. The smallest absolute Gasteiger partial charge is 0.303 e. The van der Waals surface area contributed by atoms with E-state index >= 15 is 0 Å². The maximum absolute atomic E-state index is 12.2. The maximum Gasteiger partial charge on any atom is 0.303 e. The molecule has 2 N–H and O–H groups in total. The molecule has 0 bridgehead atoms. The van der Waals surface area contributed by atoms with Gasteiger partial charge >= 0.3 is 5.97 Å². The molecule has 33 heavy (non-hydrogen) atoms. The van der Waals surface area contributed by atoms with Crippen LogP contribution in [0.4, 0.5) is 0 Å². The lowest BCUT2D eigenvalue weighted by Gasteiger charge is -2.64. The fourth-order valence-electron chi connectivity index (χ4n) is 10.7. The zero-order valence-electron chi connectivity index (χ0n) is 21.9. The second kappa shape index (κ2) is 7.69. The Labute approximate surface area is 201 Å². The van der Waals surface area contributed by atoms with E-state index in [4.69, 9.17) is 4.74 Å². The van der Waals surface area contributed by atoms with Gasteiger partial charge in [-0.15, -0.1) is 0 Å². The zero-order chi connectivity index (χ0) is 24.0. The molecule has 0 amide bonds. The lowest BCUT2D eigenvalue weighted by Crippen LogP contribution is -2.70. The minimum atomic E-state index is -1.91. The van der Waals surface area contributed by atoms with E-state index in [1.54, 1.807) is 0 Å². The van der Waals surface area contributed by atoms with E-state index in [9.17, 15) is 15.0 Å². The average molecular weight is 461 g/mol. The van der Waals surface area contributed by atoms with Crippen LogP contribution in [0.5, 0.6) is 0 Å².